The number of ketones is 2. The number of aromatic nitrogens is 2. The second-order valence-corrected chi connectivity index (χ2v) is 7.74. The molecule has 0 saturated heterocycles. The number of carbonyl (C=O) groups excluding carboxylic acids is 3. The van der Waals surface area contributed by atoms with Crippen molar-refractivity contribution in [1.82, 2.24) is 9.55 Å². The van der Waals surface area contributed by atoms with Crippen LogP contribution in [0.3, 0.4) is 0 Å². The van der Waals surface area contributed by atoms with Gasteiger partial charge in [-0.1, -0.05) is 6.92 Å². The van der Waals surface area contributed by atoms with Crippen molar-refractivity contribution >= 4 is 23.6 Å². The number of nitriles is 1. The molecule has 0 aliphatic carbocycles. The molecule has 2 rings (SSSR count). The van der Waals surface area contributed by atoms with Gasteiger partial charge in [0.25, 0.3) is 0 Å². The molecule has 7 heteroatoms. The molecule has 0 fully saturated rings. The molecule has 2 heterocycles. The van der Waals surface area contributed by atoms with Crippen molar-refractivity contribution in [3.8, 4) is 6.07 Å². The second-order valence-electron chi connectivity index (χ2n) is 7.74. The quantitative estimate of drug-likeness (QED) is 0.293. The molecule has 164 valence electrons. The summed E-state index contributed by atoms with van der Waals surface area (Å²) in [4.78, 5) is 40.1. The molecule has 1 unspecified atom stereocenters. The molecule has 0 radical (unpaired) electrons. The summed E-state index contributed by atoms with van der Waals surface area (Å²) in [5.74, 6) is -1.47. The van der Waals surface area contributed by atoms with Gasteiger partial charge in [0, 0.05) is 29.2 Å². The largest absolute Gasteiger partial charge is 0.450 e. The lowest BCUT2D eigenvalue weighted by Gasteiger charge is -2.12. The number of nitrogens with one attached hydrogen (secondary N) is 1. The van der Waals surface area contributed by atoms with Gasteiger partial charge < -0.3 is 14.3 Å². The van der Waals surface area contributed by atoms with E-state index >= 15 is 0 Å². The number of carbonyl (C=O) groups is 3. The normalized spacial score (nSPS) is 12.4. The van der Waals surface area contributed by atoms with Crippen molar-refractivity contribution in [3.05, 3.63) is 51.1 Å². The molecule has 31 heavy (non-hydrogen) atoms. The molecule has 0 saturated carbocycles. The van der Waals surface area contributed by atoms with E-state index in [1.54, 1.807) is 13.8 Å². The van der Waals surface area contributed by atoms with Gasteiger partial charge >= 0.3 is 5.97 Å². The molecule has 1 N–H and O–H groups in total. The Balaban J connectivity index is 2.25. The topological polar surface area (TPSA) is 105 Å². The van der Waals surface area contributed by atoms with Crippen LogP contribution in [0.25, 0.3) is 6.08 Å². The van der Waals surface area contributed by atoms with Gasteiger partial charge in [0.05, 0.1) is 5.69 Å². The van der Waals surface area contributed by atoms with Crippen LogP contribution in [0.15, 0.2) is 11.6 Å². The van der Waals surface area contributed by atoms with Crippen molar-refractivity contribution in [3.63, 3.8) is 0 Å². The highest BCUT2D eigenvalue weighted by Crippen LogP contribution is 2.22. The highest BCUT2D eigenvalue weighted by atomic mass is 16.5. The minimum atomic E-state index is -1.12. The number of esters is 1. The van der Waals surface area contributed by atoms with Crippen molar-refractivity contribution < 1.29 is 19.1 Å². The Labute approximate surface area is 182 Å². The standard InChI is InChI=1S/C24H29N3O4/c1-8-9-27-13(2)10-19(16(27)5)11-20(12-25)24(30)31-18(7)23(29)22-14(3)21(17(6)28)15(4)26-22/h10-11,18,26H,8-9H2,1-7H3/b20-11+. The molecule has 2 aromatic heterocycles. The summed E-state index contributed by atoms with van der Waals surface area (Å²) >= 11 is 0. The smallest absolute Gasteiger partial charge is 0.349 e. The lowest BCUT2D eigenvalue weighted by molar-refractivity contribution is -0.141. The lowest BCUT2D eigenvalue weighted by Crippen LogP contribution is -2.26. The summed E-state index contributed by atoms with van der Waals surface area (Å²) in [6, 6.07) is 3.79. The maximum atomic E-state index is 12.8. The average molecular weight is 424 g/mol. The summed E-state index contributed by atoms with van der Waals surface area (Å²) in [5, 5.41) is 9.49. The van der Waals surface area contributed by atoms with Gasteiger partial charge in [0.2, 0.25) is 5.78 Å². The third-order valence-electron chi connectivity index (χ3n) is 5.39. The van der Waals surface area contributed by atoms with Crippen LogP contribution in [-0.2, 0) is 16.1 Å². The lowest BCUT2D eigenvalue weighted by atomic mass is 10.0. The molecule has 1 atom stereocenters. The van der Waals surface area contributed by atoms with E-state index in [-0.39, 0.29) is 17.1 Å². The maximum absolute atomic E-state index is 12.8. The minimum Gasteiger partial charge on any atom is -0.450 e. The summed E-state index contributed by atoms with van der Waals surface area (Å²) in [7, 11) is 0. The highest BCUT2D eigenvalue weighted by Gasteiger charge is 2.27. The van der Waals surface area contributed by atoms with Crippen LogP contribution in [0.2, 0.25) is 0 Å². The van der Waals surface area contributed by atoms with Crippen LogP contribution in [0.4, 0.5) is 0 Å². The first-order chi connectivity index (χ1) is 14.5. The summed E-state index contributed by atoms with van der Waals surface area (Å²) in [5.41, 5.74) is 4.39. The SMILES string of the molecule is CCCn1c(C)cc(/C=C(\C#N)C(=O)OC(C)C(=O)c2[nH]c(C)c(C(C)=O)c2C)c1C. The number of H-pyrrole nitrogens is 1. The molecule has 0 aliphatic heterocycles. The monoisotopic (exact) mass is 423 g/mol. The van der Waals surface area contributed by atoms with Crippen molar-refractivity contribution in [2.75, 3.05) is 0 Å². The van der Waals surface area contributed by atoms with E-state index in [9.17, 15) is 19.6 Å². The molecule has 0 aromatic carbocycles. The molecule has 0 spiro atoms. The molecule has 2 aromatic rings. The van der Waals surface area contributed by atoms with Crippen molar-refractivity contribution in [2.45, 2.75) is 67.5 Å². The van der Waals surface area contributed by atoms with Crippen LogP contribution in [0.5, 0.6) is 0 Å². The van der Waals surface area contributed by atoms with Crippen LogP contribution in [-0.4, -0.2) is 33.2 Å². The molecule has 0 amide bonds. The second kappa shape index (κ2) is 9.61. The number of ether oxygens (including phenoxy) is 1. The fourth-order valence-corrected chi connectivity index (χ4v) is 3.84. The van der Waals surface area contributed by atoms with E-state index < -0.39 is 17.9 Å². The fraction of sp³-hybridized carbons (Fsp3) is 0.417. The Morgan fingerprint density at radius 2 is 1.90 bits per heavy atom. The van der Waals surface area contributed by atoms with E-state index in [1.807, 2.05) is 26.0 Å². The summed E-state index contributed by atoms with van der Waals surface area (Å²) in [6.07, 6.45) is 1.34. The maximum Gasteiger partial charge on any atom is 0.349 e. The molecule has 7 nitrogen and oxygen atoms in total. The van der Waals surface area contributed by atoms with Gasteiger partial charge in [0.1, 0.15) is 11.6 Å². The first-order valence-electron chi connectivity index (χ1n) is 10.3. The minimum absolute atomic E-state index is 0.148. The first kappa shape index (κ1) is 23.9. The zero-order valence-corrected chi connectivity index (χ0v) is 19.2. The van der Waals surface area contributed by atoms with Crippen LogP contribution < -0.4 is 0 Å². The predicted octanol–water partition coefficient (Wildman–Crippen LogP) is 4.38. The van der Waals surface area contributed by atoms with Crippen molar-refractivity contribution in [1.29, 1.82) is 5.26 Å². The average Bonchev–Trinajstić information content (AvgIpc) is 3.14. The van der Waals surface area contributed by atoms with Gasteiger partial charge in [-0.05, 0) is 71.2 Å². The van der Waals surface area contributed by atoms with E-state index in [1.165, 1.54) is 19.9 Å². The van der Waals surface area contributed by atoms with Crippen LogP contribution in [0, 0.1) is 39.0 Å². The number of rotatable bonds is 8. The van der Waals surface area contributed by atoms with Gasteiger partial charge in [-0.3, -0.25) is 9.59 Å². The van der Waals surface area contributed by atoms with Crippen LogP contribution >= 0.6 is 0 Å². The van der Waals surface area contributed by atoms with Crippen LogP contribution in [0.1, 0.15) is 76.2 Å². The Morgan fingerprint density at radius 1 is 1.26 bits per heavy atom. The van der Waals surface area contributed by atoms with E-state index in [0.717, 1.165) is 29.9 Å². The summed E-state index contributed by atoms with van der Waals surface area (Å²) < 4.78 is 7.42. The first-order valence-corrected chi connectivity index (χ1v) is 10.3. The Hall–Kier alpha value is -3.40. The zero-order chi connectivity index (χ0) is 23.5. The third-order valence-corrected chi connectivity index (χ3v) is 5.39. The molecular weight excluding hydrogens is 394 g/mol. The Bertz CT molecular complexity index is 1110. The predicted molar refractivity (Wildman–Crippen MR) is 118 cm³/mol. The van der Waals surface area contributed by atoms with Gasteiger partial charge in [-0.2, -0.15) is 5.26 Å². The fourth-order valence-electron chi connectivity index (χ4n) is 3.84. The number of aromatic amines is 1. The Kier molecular flexibility index (Phi) is 7.40. The number of hydrogen-bond acceptors (Lipinski definition) is 5. The number of aryl methyl sites for hydroxylation is 2. The Morgan fingerprint density at radius 3 is 2.42 bits per heavy atom. The van der Waals surface area contributed by atoms with Gasteiger partial charge in [-0.15, -0.1) is 0 Å². The summed E-state index contributed by atoms with van der Waals surface area (Å²) in [6.45, 7) is 13.1. The number of nitrogens with zero attached hydrogens (tertiary/aromatic N) is 2. The third kappa shape index (κ3) is 4.85. The zero-order valence-electron chi connectivity index (χ0n) is 19.2. The van der Waals surface area contributed by atoms with Crippen molar-refractivity contribution in [2.24, 2.45) is 0 Å². The van der Waals surface area contributed by atoms with Gasteiger partial charge in [-0.25, -0.2) is 4.79 Å². The molecule has 0 bridgehead atoms. The molecular formula is C24H29N3O4. The van der Waals surface area contributed by atoms with Gasteiger partial charge in [0.15, 0.2) is 11.9 Å². The number of hydrogen-bond donors (Lipinski definition) is 1. The number of Topliss-reactive ketones (excluding diaryl/α,β-unsaturated/α-hetero) is 2. The van der Waals surface area contributed by atoms with E-state index in [2.05, 4.69) is 16.5 Å². The van der Waals surface area contributed by atoms with E-state index in [4.69, 9.17) is 4.74 Å². The molecule has 0 aliphatic rings. The van der Waals surface area contributed by atoms with E-state index in [0.29, 0.717) is 16.8 Å². The highest BCUT2D eigenvalue weighted by molar-refractivity contribution is 6.06.